The first kappa shape index (κ1) is 15.7. The van der Waals surface area contributed by atoms with E-state index in [2.05, 4.69) is 22.9 Å². The number of unbranched alkanes of at least 4 members (excludes halogenated alkanes) is 1. The van der Waals surface area contributed by atoms with Gasteiger partial charge in [0.1, 0.15) is 5.82 Å². The molecular weight excluding hydrogens is 333 g/mol. The second kappa shape index (κ2) is 7.36. The Morgan fingerprint density at radius 3 is 2.57 bits per heavy atom. The largest absolute Gasteiger partial charge is 0.308 e. The van der Waals surface area contributed by atoms with Crippen molar-refractivity contribution < 1.29 is 9.18 Å². The lowest BCUT2D eigenvalue weighted by molar-refractivity contribution is 0.0985. The number of rotatable bonds is 5. The van der Waals surface area contributed by atoms with Crippen LogP contribution in [-0.4, -0.2) is 12.5 Å². The van der Waals surface area contributed by atoms with Gasteiger partial charge in [0.25, 0.3) is 5.91 Å². The Morgan fingerprint density at radius 1 is 1.19 bits per heavy atom. The summed E-state index contributed by atoms with van der Waals surface area (Å²) in [5, 5.41) is 0. The average molecular weight is 350 g/mol. The lowest BCUT2D eigenvalue weighted by Crippen LogP contribution is -2.32. The average Bonchev–Trinajstić information content (AvgIpc) is 2.51. The summed E-state index contributed by atoms with van der Waals surface area (Å²) >= 11 is 3.33. The summed E-state index contributed by atoms with van der Waals surface area (Å²) in [6.45, 7) is 2.69. The number of hydrogen-bond acceptors (Lipinski definition) is 1. The number of benzene rings is 2. The summed E-state index contributed by atoms with van der Waals surface area (Å²) < 4.78 is 14.0. The molecular formula is C17H17BrFNO. The lowest BCUT2D eigenvalue weighted by atomic mass is 10.1. The molecule has 0 radical (unpaired) electrons. The van der Waals surface area contributed by atoms with Crippen LogP contribution in [0.1, 0.15) is 30.1 Å². The molecule has 21 heavy (non-hydrogen) atoms. The highest BCUT2D eigenvalue weighted by Crippen LogP contribution is 2.23. The summed E-state index contributed by atoms with van der Waals surface area (Å²) in [5.74, 6) is -0.605. The van der Waals surface area contributed by atoms with Gasteiger partial charge in [0.2, 0.25) is 0 Å². The van der Waals surface area contributed by atoms with Crippen molar-refractivity contribution in [2.45, 2.75) is 19.8 Å². The van der Waals surface area contributed by atoms with Gasteiger partial charge < -0.3 is 4.90 Å². The van der Waals surface area contributed by atoms with Crippen molar-refractivity contribution in [3.05, 3.63) is 64.4 Å². The smallest absolute Gasteiger partial charge is 0.259 e. The van der Waals surface area contributed by atoms with E-state index >= 15 is 0 Å². The Labute approximate surface area is 132 Å². The third-order valence-electron chi connectivity index (χ3n) is 3.21. The van der Waals surface area contributed by atoms with Gasteiger partial charge in [0.05, 0.1) is 5.56 Å². The zero-order valence-corrected chi connectivity index (χ0v) is 13.4. The monoisotopic (exact) mass is 349 g/mol. The van der Waals surface area contributed by atoms with E-state index in [4.69, 9.17) is 0 Å². The Hall–Kier alpha value is -1.68. The minimum absolute atomic E-state index is 0.193. The van der Waals surface area contributed by atoms with E-state index < -0.39 is 5.82 Å². The fourth-order valence-corrected chi connectivity index (χ4v) is 2.50. The van der Waals surface area contributed by atoms with Crippen molar-refractivity contribution in [2.75, 3.05) is 11.4 Å². The number of nitrogens with zero attached hydrogens (tertiary/aromatic N) is 1. The van der Waals surface area contributed by atoms with E-state index in [0.29, 0.717) is 16.6 Å². The van der Waals surface area contributed by atoms with Gasteiger partial charge in [0, 0.05) is 16.7 Å². The zero-order valence-electron chi connectivity index (χ0n) is 11.9. The molecule has 0 saturated heterocycles. The lowest BCUT2D eigenvalue weighted by Gasteiger charge is -2.23. The molecule has 2 rings (SSSR count). The quantitative estimate of drug-likeness (QED) is 0.740. The van der Waals surface area contributed by atoms with Crippen molar-refractivity contribution in [3.63, 3.8) is 0 Å². The first-order valence-corrected chi connectivity index (χ1v) is 7.74. The molecule has 2 aromatic carbocycles. The number of para-hydroxylation sites is 1. The number of halogens is 2. The van der Waals surface area contributed by atoms with Crippen LogP contribution in [0, 0.1) is 5.82 Å². The van der Waals surface area contributed by atoms with Crippen LogP contribution < -0.4 is 4.90 Å². The minimum Gasteiger partial charge on any atom is -0.308 e. The second-order valence-corrected chi connectivity index (χ2v) is 5.62. The van der Waals surface area contributed by atoms with Gasteiger partial charge in [-0.3, -0.25) is 4.79 Å². The SMILES string of the molecule is CCCCN(C(=O)c1cc(F)ccc1Br)c1ccccc1. The first-order valence-electron chi connectivity index (χ1n) is 6.95. The molecule has 0 aromatic heterocycles. The minimum atomic E-state index is -0.412. The summed E-state index contributed by atoms with van der Waals surface area (Å²) in [7, 11) is 0. The van der Waals surface area contributed by atoms with Crippen LogP contribution in [0.3, 0.4) is 0 Å². The van der Waals surface area contributed by atoms with Crippen molar-refractivity contribution >= 4 is 27.5 Å². The normalized spacial score (nSPS) is 10.4. The topological polar surface area (TPSA) is 20.3 Å². The Bertz CT molecular complexity index is 615. The summed E-state index contributed by atoms with van der Waals surface area (Å²) in [6, 6.07) is 13.6. The van der Waals surface area contributed by atoms with E-state index in [-0.39, 0.29) is 5.91 Å². The van der Waals surface area contributed by atoms with Crippen LogP contribution in [-0.2, 0) is 0 Å². The Kier molecular flexibility index (Phi) is 5.51. The molecule has 4 heteroatoms. The van der Waals surface area contributed by atoms with Crippen LogP contribution in [0.15, 0.2) is 53.0 Å². The molecule has 0 N–H and O–H groups in total. The summed E-state index contributed by atoms with van der Waals surface area (Å²) in [5.41, 5.74) is 1.17. The fraction of sp³-hybridized carbons (Fsp3) is 0.235. The Balaban J connectivity index is 2.36. The predicted octanol–water partition coefficient (Wildman–Crippen LogP) is 5.04. The van der Waals surface area contributed by atoms with Crippen LogP contribution in [0.5, 0.6) is 0 Å². The van der Waals surface area contributed by atoms with Crippen LogP contribution in [0.25, 0.3) is 0 Å². The molecule has 0 aliphatic heterocycles. The predicted molar refractivity (Wildman–Crippen MR) is 87.1 cm³/mol. The molecule has 0 fully saturated rings. The molecule has 0 bridgehead atoms. The van der Waals surface area contributed by atoms with Gasteiger partial charge in [-0.05, 0) is 52.7 Å². The van der Waals surface area contributed by atoms with Gasteiger partial charge in [-0.25, -0.2) is 4.39 Å². The third-order valence-corrected chi connectivity index (χ3v) is 3.90. The highest BCUT2D eigenvalue weighted by molar-refractivity contribution is 9.10. The van der Waals surface area contributed by atoms with Crippen LogP contribution >= 0.6 is 15.9 Å². The maximum atomic E-state index is 13.4. The van der Waals surface area contributed by atoms with Crippen molar-refractivity contribution in [3.8, 4) is 0 Å². The Morgan fingerprint density at radius 2 is 1.90 bits per heavy atom. The van der Waals surface area contributed by atoms with Gasteiger partial charge >= 0.3 is 0 Å². The van der Waals surface area contributed by atoms with Crippen molar-refractivity contribution in [2.24, 2.45) is 0 Å². The molecule has 1 amide bonds. The maximum absolute atomic E-state index is 13.4. The first-order chi connectivity index (χ1) is 10.1. The van der Waals surface area contributed by atoms with Gasteiger partial charge in [-0.2, -0.15) is 0 Å². The van der Waals surface area contributed by atoms with E-state index in [1.807, 2.05) is 30.3 Å². The number of hydrogen-bond donors (Lipinski definition) is 0. The molecule has 0 atom stereocenters. The summed E-state index contributed by atoms with van der Waals surface area (Å²) in [4.78, 5) is 14.5. The third kappa shape index (κ3) is 3.91. The molecule has 0 saturated carbocycles. The molecule has 0 heterocycles. The van der Waals surface area contributed by atoms with E-state index in [1.54, 1.807) is 11.0 Å². The van der Waals surface area contributed by atoms with E-state index in [9.17, 15) is 9.18 Å². The van der Waals surface area contributed by atoms with E-state index in [0.717, 1.165) is 18.5 Å². The molecule has 0 unspecified atom stereocenters. The fourth-order valence-electron chi connectivity index (χ4n) is 2.08. The molecule has 0 aliphatic rings. The molecule has 0 aliphatic carbocycles. The maximum Gasteiger partial charge on any atom is 0.259 e. The second-order valence-electron chi connectivity index (χ2n) is 4.77. The van der Waals surface area contributed by atoms with Crippen molar-refractivity contribution in [1.82, 2.24) is 0 Å². The number of carbonyl (C=O) groups excluding carboxylic acids is 1. The number of anilines is 1. The van der Waals surface area contributed by atoms with Gasteiger partial charge in [0.15, 0.2) is 0 Å². The standard InChI is InChI=1S/C17H17BrFNO/c1-2-3-11-20(14-7-5-4-6-8-14)17(21)15-12-13(19)9-10-16(15)18/h4-10,12H,2-3,11H2,1H3. The number of carbonyl (C=O) groups is 1. The molecule has 110 valence electrons. The highest BCUT2D eigenvalue weighted by atomic mass is 79.9. The van der Waals surface area contributed by atoms with Gasteiger partial charge in [-0.1, -0.05) is 31.5 Å². The highest BCUT2D eigenvalue weighted by Gasteiger charge is 2.20. The van der Waals surface area contributed by atoms with Crippen LogP contribution in [0.4, 0.5) is 10.1 Å². The zero-order chi connectivity index (χ0) is 15.2. The van der Waals surface area contributed by atoms with Crippen molar-refractivity contribution in [1.29, 1.82) is 0 Å². The number of amides is 1. The van der Waals surface area contributed by atoms with E-state index in [1.165, 1.54) is 12.1 Å². The summed E-state index contributed by atoms with van der Waals surface area (Å²) in [6.07, 6.45) is 1.88. The van der Waals surface area contributed by atoms with Crippen LogP contribution in [0.2, 0.25) is 0 Å². The van der Waals surface area contributed by atoms with Gasteiger partial charge in [-0.15, -0.1) is 0 Å². The molecule has 0 spiro atoms. The molecule has 2 nitrogen and oxygen atoms in total. The molecule has 2 aromatic rings.